The highest BCUT2D eigenvalue weighted by atomic mass is 32.1. The third kappa shape index (κ3) is 4.22. The molecule has 0 spiro atoms. The minimum absolute atomic E-state index is 0.0407. The van der Waals surface area contributed by atoms with Crippen LogP contribution in [0.2, 0.25) is 0 Å². The first kappa shape index (κ1) is 17.5. The lowest BCUT2D eigenvalue weighted by Gasteiger charge is -2.20. The average Bonchev–Trinajstić information content (AvgIpc) is 3.22. The van der Waals surface area contributed by atoms with Gasteiger partial charge in [-0.25, -0.2) is 4.98 Å². The Kier molecular flexibility index (Phi) is 5.43. The lowest BCUT2D eigenvalue weighted by atomic mass is 10.1. The second kappa shape index (κ2) is 7.74. The van der Waals surface area contributed by atoms with Crippen molar-refractivity contribution in [3.63, 3.8) is 0 Å². The van der Waals surface area contributed by atoms with Crippen molar-refractivity contribution in [2.45, 2.75) is 32.7 Å². The van der Waals surface area contributed by atoms with Crippen molar-refractivity contribution >= 4 is 23.2 Å². The van der Waals surface area contributed by atoms with Crippen LogP contribution in [0.25, 0.3) is 10.6 Å². The van der Waals surface area contributed by atoms with Crippen LogP contribution in [0.15, 0.2) is 29.9 Å². The van der Waals surface area contributed by atoms with Crippen LogP contribution in [0.1, 0.15) is 26.0 Å². The lowest BCUT2D eigenvalue weighted by Crippen LogP contribution is -2.36. The van der Waals surface area contributed by atoms with Crippen LogP contribution in [0.5, 0.6) is 0 Å². The minimum Gasteiger partial charge on any atom is -0.355 e. The Labute approximate surface area is 151 Å². The van der Waals surface area contributed by atoms with Crippen LogP contribution in [-0.4, -0.2) is 45.8 Å². The normalized spacial score (nSPS) is 17.3. The maximum Gasteiger partial charge on any atom is 0.225 e. The molecule has 1 aliphatic heterocycles. The van der Waals surface area contributed by atoms with Gasteiger partial charge in [0.25, 0.3) is 0 Å². The fourth-order valence-electron chi connectivity index (χ4n) is 2.91. The summed E-state index contributed by atoms with van der Waals surface area (Å²) >= 11 is 1.59. The molecule has 0 aromatic carbocycles. The molecule has 1 aliphatic rings. The largest absolute Gasteiger partial charge is 0.355 e. The van der Waals surface area contributed by atoms with E-state index in [0.29, 0.717) is 25.9 Å². The molecule has 1 fully saturated rings. The zero-order valence-electron chi connectivity index (χ0n) is 14.4. The molecule has 7 heteroatoms. The Morgan fingerprint density at radius 1 is 1.40 bits per heavy atom. The first-order valence-electron chi connectivity index (χ1n) is 8.46. The number of carbonyl (C=O) groups excluding carboxylic acids is 2. The fraction of sp³-hybridized carbons (Fsp3) is 0.444. The summed E-state index contributed by atoms with van der Waals surface area (Å²) in [5.41, 5.74) is 2.01. The van der Waals surface area contributed by atoms with Gasteiger partial charge in [0.05, 0.1) is 11.6 Å². The summed E-state index contributed by atoms with van der Waals surface area (Å²) in [4.78, 5) is 34.5. The Hall–Kier alpha value is -2.28. The van der Waals surface area contributed by atoms with Crippen LogP contribution < -0.4 is 5.32 Å². The van der Waals surface area contributed by atoms with Crippen molar-refractivity contribution in [3.8, 4) is 10.6 Å². The van der Waals surface area contributed by atoms with E-state index in [9.17, 15) is 9.59 Å². The van der Waals surface area contributed by atoms with Gasteiger partial charge in [0.1, 0.15) is 5.01 Å². The highest BCUT2D eigenvalue weighted by Crippen LogP contribution is 2.23. The van der Waals surface area contributed by atoms with Crippen molar-refractivity contribution in [2.75, 3.05) is 13.1 Å². The molecule has 0 saturated carbocycles. The van der Waals surface area contributed by atoms with Gasteiger partial charge in [-0.15, -0.1) is 11.3 Å². The number of carbonyl (C=O) groups is 2. The summed E-state index contributed by atoms with van der Waals surface area (Å²) in [5.74, 6) is -0.213. The van der Waals surface area contributed by atoms with E-state index in [-0.39, 0.29) is 23.8 Å². The van der Waals surface area contributed by atoms with Gasteiger partial charge in [-0.3, -0.25) is 14.6 Å². The molecule has 0 aliphatic carbocycles. The van der Waals surface area contributed by atoms with Crippen molar-refractivity contribution in [2.24, 2.45) is 5.92 Å². The monoisotopic (exact) mass is 358 g/mol. The van der Waals surface area contributed by atoms with E-state index in [1.165, 1.54) is 0 Å². The van der Waals surface area contributed by atoms with E-state index in [1.54, 1.807) is 28.6 Å². The van der Waals surface area contributed by atoms with Crippen LogP contribution in [-0.2, 0) is 16.0 Å². The van der Waals surface area contributed by atoms with Crippen LogP contribution >= 0.6 is 11.3 Å². The molecule has 132 valence electrons. The third-order valence-electron chi connectivity index (χ3n) is 4.31. The van der Waals surface area contributed by atoms with Crippen LogP contribution in [0.3, 0.4) is 0 Å². The van der Waals surface area contributed by atoms with Crippen molar-refractivity contribution in [1.29, 1.82) is 0 Å². The van der Waals surface area contributed by atoms with Gasteiger partial charge in [-0.1, -0.05) is 0 Å². The first-order chi connectivity index (χ1) is 12.0. The number of pyridine rings is 1. The van der Waals surface area contributed by atoms with E-state index in [4.69, 9.17) is 0 Å². The third-order valence-corrected chi connectivity index (χ3v) is 5.25. The zero-order valence-corrected chi connectivity index (χ0v) is 15.3. The Balaban J connectivity index is 1.48. The fourth-order valence-corrected chi connectivity index (χ4v) is 3.77. The topological polar surface area (TPSA) is 75.2 Å². The minimum atomic E-state index is -0.238. The molecule has 6 nitrogen and oxygen atoms in total. The first-order valence-corrected chi connectivity index (χ1v) is 9.34. The molecule has 2 aromatic heterocycles. The van der Waals surface area contributed by atoms with E-state index in [1.807, 2.05) is 31.4 Å². The van der Waals surface area contributed by atoms with E-state index >= 15 is 0 Å². The Bertz CT molecular complexity index is 745. The highest BCUT2D eigenvalue weighted by Gasteiger charge is 2.35. The zero-order chi connectivity index (χ0) is 17.8. The van der Waals surface area contributed by atoms with Gasteiger partial charge >= 0.3 is 0 Å². The molecule has 1 saturated heterocycles. The van der Waals surface area contributed by atoms with Gasteiger partial charge in [0.2, 0.25) is 11.8 Å². The average molecular weight is 358 g/mol. The second-order valence-corrected chi connectivity index (χ2v) is 7.32. The van der Waals surface area contributed by atoms with E-state index < -0.39 is 0 Å². The standard InChI is InChI=1S/C18H22N4O2S/c1-12(2)22-10-14(9-16(22)23)17(24)20-8-5-15-11-25-18(21-15)13-3-6-19-7-4-13/h3-4,6-7,11-12,14H,5,8-10H2,1-2H3,(H,20,24)/t14-/m1/s1. The number of likely N-dealkylation sites (tertiary alicyclic amines) is 1. The second-order valence-electron chi connectivity index (χ2n) is 6.46. The number of nitrogens with zero attached hydrogens (tertiary/aromatic N) is 3. The predicted octanol–water partition coefficient (Wildman–Crippen LogP) is 2.12. The highest BCUT2D eigenvalue weighted by molar-refractivity contribution is 7.13. The molecule has 0 bridgehead atoms. The molecule has 2 amide bonds. The smallest absolute Gasteiger partial charge is 0.225 e. The van der Waals surface area contributed by atoms with Gasteiger partial charge in [-0.05, 0) is 26.0 Å². The van der Waals surface area contributed by atoms with Crippen molar-refractivity contribution in [3.05, 3.63) is 35.6 Å². The molecular weight excluding hydrogens is 336 g/mol. The number of thiazole rings is 1. The molecular formula is C18H22N4O2S. The molecule has 1 N–H and O–H groups in total. The van der Waals surface area contributed by atoms with Crippen molar-refractivity contribution in [1.82, 2.24) is 20.2 Å². The SMILES string of the molecule is CC(C)N1C[C@H](C(=O)NCCc2csc(-c3ccncc3)n2)CC1=O. The molecule has 0 unspecified atom stereocenters. The number of hydrogen-bond acceptors (Lipinski definition) is 5. The Morgan fingerprint density at radius 2 is 2.16 bits per heavy atom. The predicted molar refractivity (Wildman–Crippen MR) is 97.0 cm³/mol. The van der Waals surface area contributed by atoms with Crippen molar-refractivity contribution < 1.29 is 9.59 Å². The number of aromatic nitrogens is 2. The van der Waals surface area contributed by atoms with Gasteiger partial charge in [0.15, 0.2) is 0 Å². The summed E-state index contributed by atoms with van der Waals surface area (Å²) in [7, 11) is 0. The summed E-state index contributed by atoms with van der Waals surface area (Å²) in [6, 6.07) is 4.01. The molecule has 2 aromatic rings. The van der Waals surface area contributed by atoms with Gasteiger partial charge < -0.3 is 10.2 Å². The maximum absolute atomic E-state index is 12.3. The molecule has 3 rings (SSSR count). The molecule has 1 atom stereocenters. The number of rotatable bonds is 6. The summed E-state index contributed by atoms with van der Waals surface area (Å²) in [6.07, 6.45) is 4.49. The Morgan fingerprint density at radius 3 is 2.84 bits per heavy atom. The molecule has 3 heterocycles. The summed E-state index contributed by atoms with van der Waals surface area (Å²) in [5, 5.41) is 5.91. The summed E-state index contributed by atoms with van der Waals surface area (Å²) in [6.45, 7) is 5.00. The van der Waals surface area contributed by atoms with Gasteiger partial charge in [-0.2, -0.15) is 0 Å². The van der Waals surface area contributed by atoms with Crippen LogP contribution in [0.4, 0.5) is 0 Å². The number of hydrogen-bond donors (Lipinski definition) is 1. The quantitative estimate of drug-likeness (QED) is 0.858. The van der Waals surface area contributed by atoms with Crippen LogP contribution in [0, 0.1) is 5.92 Å². The van der Waals surface area contributed by atoms with E-state index in [2.05, 4.69) is 15.3 Å². The number of amides is 2. The molecule has 0 radical (unpaired) electrons. The van der Waals surface area contributed by atoms with E-state index in [0.717, 1.165) is 16.3 Å². The van der Waals surface area contributed by atoms with Gasteiger partial charge in [0, 0.05) is 55.3 Å². The summed E-state index contributed by atoms with van der Waals surface area (Å²) < 4.78 is 0. The lowest BCUT2D eigenvalue weighted by molar-refractivity contribution is -0.129. The maximum atomic E-state index is 12.3. The number of nitrogens with one attached hydrogen (secondary N) is 1. The molecule has 25 heavy (non-hydrogen) atoms.